The largest absolute Gasteiger partial charge is 0.352 e. The highest BCUT2D eigenvalue weighted by Gasteiger charge is 2.24. The molecule has 1 aromatic carbocycles. The third kappa shape index (κ3) is 5.44. The Kier molecular flexibility index (Phi) is 5.49. The Labute approximate surface area is 130 Å². The van der Waals surface area contributed by atoms with Crippen molar-refractivity contribution in [1.29, 1.82) is 0 Å². The molecule has 1 aliphatic rings. The molecule has 1 aromatic rings. The van der Waals surface area contributed by atoms with E-state index in [1.165, 1.54) is 12.1 Å². The lowest BCUT2D eigenvalue weighted by Crippen LogP contribution is -2.41. The molecule has 0 aliphatic heterocycles. The van der Waals surface area contributed by atoms with Gasteiger partial charge in [-0.3, -0.25) is 14.5 Å². The SMILES string of the molecule is CN(CC(=O)NC1CC1)CC(=O)N(C)Cc1ccc(F)cc1. The summed E-state index contributed by atoms with van der Waals surface area (Å²) >= 11 is 0. The molecule has 0 unspecified atom stereocenters. The summed E-state index contributed by atoms with van der Waals surface area (Å²) in [6, 6.07) is 6.40. The standard InChI is InChI=1S/C16H22FN3O2/c1-19(10-15(21)18-14-7-8-14)11-16(22)20(2)9-12-3-5-13(17)6-4-12/h3-6,14H,7-11H2,1-2H3,(H,18,21). The number of nitrogens with one attached hydrogen (secondary N) is 1. The minimum absolute atomic E-state index is 0.0426. The van der Waals surface area contributed by atoms with E-state index in [-0.39, 0.29) is 30.7 Å². The summed E-state index contributed by atoms with van der Waals surface area (Å²) in [6.45, 7) is 0.809. The van der Waals surface area contributed by atoms with Gasteiger partial charge in [-0.15, -0.1) is 0 Å². The fourth-order valence-corrected chi connectivity index (χ4v) is 2.11. The van der Waals surface area contributed by atoms with Gasteiger partial charge in [0.05, 0.1) is 13.1 Å². The average molecular weight is 307 g/mol. The maximum atomic E-state index is 12.8. The third-order valence-corrected chi connectivity index (χ3v) is 3.52. The monoisotopic (exact) mass is 307 g/mol. The van der Waals surface area contributed by atoms with Crippen molar-refractivity contribution in [1.82, 2.24) is 15.1 Å². The zero-order valence-corrected chi connectivity index (χ0v) is 13.0. The number of likely N-dealkylation sites (N-methyl/N-ethyl adjacent to an activating group) is 2. The molecule has 1 N–H and O–H groups in total. The lowest BCUT2D eigenvalue weighted by Gasteiger charge is -2.21. The third-order valence-electron chi connectivity index (χ3n) is 3.52. The van der Waals surface area contributed by atoms with Gasteiger partial charge in [-0.2, -0.15) is 0 Å². The predicted octanol–water partition coefficient (Wildman–Crippen LogP) is 0.994. The topological polar surface area (TPSA) is 52.7 Å². The number of rotatable bonds is 7. The highest BCUT2D eigenvalue weighted by Crippen LogP contribution is 2.18. The van der Waals surface area contributed by atoms with Gasteiger partial charge >= 0.3 is 0 Å². The quantitative estimate of drug-likeness (QED) is 0.817. The molecule has 0 bridgehead atoms. The molecule has 0 radical (unpaired) electrons. The van der Waals surface area contributed by atoms with E-state index < -0.39 is 0 Å². The number of carbonyl (C=O) groups is 2. The van der Waals surface area contributed by atoms with Gasteiger partial charge in [0.2, 0.25) is 11.8 Å². The molecule has 1 aliphatic carbocycles. The van der Waals surface area contributed by atoms with E-state index in [4.69, 9.17) is 0 Å². The van der Waals surface area contributed by atoms with Crippen LogP contribution in [0.25, 0.3) is 0 Å². The molecule has 6 heteroatoms. The normalized spacial score (nSPS) is 14.0. The van der Waals surface area contributed by atoms with Gasteiger partial charge in [-0.05, 0) is 37.6 Å². The molecule has 2 rings (SSSR count). The lowest BCUT2D eigenvalue weighted by atomic mass is 10.2. The molecule has 0 heterocycles. The Morgan fingerprint density at radius 1 is 1.18 bits per heavy atom. The van der Waals surface area contributed by atoms with Crippen LogP contribution in [0.1, 0.15) is 18.4 Å². The summed E-state index contributed by atoms with van der Waals surface area (Å²) in [5.74, 6) is -0.413. The summed E-state index contributed by atoms with van der Waals surface area (Å²) in [5, 5.41) is 2.89. The van der Waals surface area contributed by atoms with E-state index in [2.05, 4.69) is 5.32 Å². The van der Waals surface area contributed by atoms with Crippen LogP contribution in [0, 0.1) is 5.82 Å². The van der Waals surface area contributed by atoms with Gasteiger partial charge in [0.25, 0.3) is 0 Å². The van der Waals surface area contributed by atoms with Gasteiger partial charge in [0.1, 0.15) is 5.82 Å². The van der Waals surface area contributed by atoms with Crippen LogP contribution in [0.4, 0.5) is 4.39 Å². The molecular weight excluding hydrogens is 285 g/mol. The molecule has 1 saturated carbocycles. The van der Waals surface area contributed by atoms with Gasteiger partial charge in [-0.1, -0.05) is 12.1 Å². The van der Waals surface area contributed by atoms with Gasteiger partial charge in [0, 0.05) is 19.6 Å². The Balaban J connectivity index is 1.74. The van der Waals surface area contributed by atoms with Gasteiger partial charge in [-0.25, -0.2) is 4.39 Å². The summed E-state index contributed by atoms with van der Waals surface area (Å²) in [6.07, 6.45) is 2.10. The maximum absolute atomic E-state index is 12.8. The summed E-state index contributed by atoms with van der Waals surface area (Å²) in [4.78, 5) is 27.1. The zero-order chi connectivity index (χ0) is 16.1. The number of benzene rings is 1. The van der Waals surface area contributed by atoms with Crippen molar-refractivity contribution in [2.24, 2.45) is 0 Å². The first-order chi connectivity index (χ1) is 10.4. The van der Waals surface area contributed by atoms with Crippen LogP contribution in [0.3, 0.4) is 0 Å². The van der Waals surface area contributed by atoms with Crippen molar-refractivity contribution < 1.29 is 14.0 Å². The van der Waals surface area contributed by atoms with Crippen LogP contribution >= 0.6 is 0 Å². The summed E-state index contributed by atoms with van der Waals surface area (Å²) < 4.78 is 12.8. The fraction of sp³-hybridized carbons (Fsp3) is 0.500. The molecule has 5 nitrogen and oxygen atoms in total. The maximum Gasteiger partial charge on any atom is 0.236 e. The number of carbonyl (C=O) groups excluding carboxylic acids is 2. The van der Waals surface area contributed by atoms with Gasteiger partial charge < -0.3 is 10.2 Å². The Morgan fingerprint density at radius 3 is 2.41 bits per heavy atom. The van der Waals surface area contributed by atoms with Crippen LogP contribution < -0.4 is 5.32 Å². The van der Waals surface area contributed by atoms with E-state index in [0.717, 1.165) is 18.4 Å². The summed E-state index contributed by atoms with van der Waals surface area (Å²) in [5.41, 5.74) is 0.867. The number of amides is 2. The highest BCUT2D eigenvalue weighted by molar-refractivity contribution is 5.81. The minimum atomic E-state index is -0.292. The van der Waals surface area contributed by atoms with Crippen LogP contribution in [-0.2, 0) is 16.1 Å². The first-order valence-corrected chi connectivity index (χ1v) is 7.40. The second-order valence-corrected chi connectivity index (χ2v) is 5.89. The first-order valence-electron chi connectivity index (χ1n) is 7.40. The molecule has 0 aromatic heterocycles. The number of nitrogens with zero attached hydrogens (tertiary/aromatic N) is 2. The van der Waals surface area contributed by atoms with E-state index >= 15 is 0 Å². The molecule has 1 fully saturated rings. The fourth-order valence-electron chi connectivity index (χ4n) is 2.11. The second-order valence-electron chi connectivity index (χ2n) is 5.89. The van der Waals surface area contributed by atoms with Crippen LogP contribution in [-0.4, -0.2) is 54.8 Å². The number of hydrogen-bond donors (Lipinski definition) is 1. The molecule has 0 atom stereocenters. The minimum Gasteiger partial charge on any atom is -0.352 e. The predicted molar refractivity (Wildman–Crippen MR) is 81.5 cm³/mol. The van der Waals surface area contributed by atoms with E-state index in [1.54, 1.807) is 36.0 Å². The van der Waals surface area contributed by atoms with Crippen molar-refractivity contribution in [2.45, 2.75) is 25.4 Å². The van der Waals surface area contributed by atoms with Crippen molar-refractivity contribution in [3.8, 4) is 0 Å². The van der Waals surface area contributed by atoms with E-state index in [1.807, 2.05) is 0 Å². The summed E-state index contributed by atoms with van der Waals surface area (Å²) in [7, 11) is 3.44. The highest BCUT2D eigenvalue weighted by atomic mass is 19.1. The zero-order valence-electron chi connectivity index (χ0n) is 13.0. The van der Waals surface area contributed by atoms with Crippen molar-refractivity contribution in [2.75, 3.05) is 27.2 Å². The average Bonchev–Trinajstić information content (AvgIpc) is 3.24. The van der Waals surface area contributed by atoms with Gasteiger partial charge in [0.15, 0.2) is 0 Å². The molecule has 0 spiro atoms. The van der Waals surface area contributed by atoms with Crippen molar-refractivity contribution >= 4 is 11.8 Å². The second kappa shape index (κ2) is 7.35. The lowest BCUT2D eigenvalue weighted by molar-refractivity contribution is -0.132. The number of hydrogen-bond acceptors (Lipinski definition) is 3. The Hall–Kier alpha value is -1.95. The van der Waals surface area contributed by atoms with Crippen LogP contribution in [0.2, 0.25) is 0 Å². The first kappa shape index (κ1) is 16.4. The smallest absolute Gasteiger partial charge is 0.236 e. The van der Waals surface area contributed by atoms with E-state index in [9.17, 15) is 14.0 Å². The van der Waals surface area contributed by atoms with Crippen molar-refractivity contribution in [3.63, 3.8) is 0 Å². The van der Waals surface area contributed by atoms with Crippen molar-refractivity contribution in [3.05, 3.63) is 35.6 Å². The van der Waals surface area contributed by atoms with Crippen LogP contribution in [0.5, 0.6) is 0 Å². The molecule has 2 amide bonds. The molecular formula is C16H22FN3O2. The Morgan fingerprint density at radius 2 is 1.82 bits per heavy atom. The Bertz CT molecular complexity index is 529. The molecule has 120 valence electrons. The molecule has 22 heavy (non-hydrogen) atoms. The molecule has 0 saturated heterocycles. The van der Waals surface area contributed by atoms with Crippen LogP contribution in [0.15, 0.2) is 24.3 Å². The van der Waals surface area contributed by atoms with E-state index in [0.29, 0.717) is 12.6 Å². The number of halogens is 1.